The number of hydrogen-bond donors (Lipinski definition) is 1. The van der Waals surface area contributed by atoms with E-state index in [0.29, 0.717) is 5.56 Å². The van der Waals surface area contributed by atoms with Gasteiger partial charge in [-0.2, -0.15) is 0 Å². The van der Waals surface area contributed by atoms with E-state index in [9.17, 15) is 8.78 Å². The highest BCUT2D eigenvalue weighted by Gasteiger charge is 2.12. The number of aryl methyl sites for hydroxylation is 1. The van der Waals surface area contributed by atoms with Crippen molar-refractivity contribution in [2.45, 2.75) is 20.3 Å². The Hall–Kier alpha value is -0.860. The van der Waals surface area contributed by atoms with Crippen molar-refractivity contribution in [1.29, 1.82) is 0 Å². The van der Waals surface area contributed by atoms with Crippen molar-refractivity contribution in [2.75, 3.05) is 0 Å². The molecule has 1 N–H and O–H groups in total. The van der Waals surface area contributed by atoms with Crippen molar-refractivity contribution in [2.24, 2.45) is 0 Å². The number of alkyl halides is 2. The Morgan fingerprint density at radius 1 is 1.40 bits per heavy atom. The Balaban J connectivity index is 3.05. The van der Waals surface area contributed by atoms with Crippen molar-refractivity contribution >= 4 is 0 Å². The Morgan fingerprint density at radius 3 is 2.20 bits per heavy atom. The van der Waals surface area contributed by atoms with E-state index in [2.05, 4.69) is 4.98 Å². The monoisotopic (exact) mass is 145 g/mol. The van der Waals surface area contributed by atoms with Gasteiger partial charge in [0.15, 0.2) is 0 Å². The Labute approximate surface area is 58.1 Å². The molecule has 1 rings (SSSR count). The Morgan fingerprint density at radius 2 is 2.00 bits per heavy atom. The van der Waals surface area contributed by atoms with Gasteiger partial charge >= 0.3 is 0 Å². The van der Waals surface area contributed by atoms with E-state index >= 15 is 0 Å². The molecule has 0 spiro atoms. The van der Waals surface area contributed by atoms with E-state index in [-0.39, 0.29) is 5.69 Å². The first-order valence-electron chi connectivity index (χ1n) is 3.05. The van der Waals surface area contributed by atoms with E-state index in [1.54, 1.807) is 20.0 Å². The third-order valence-electron chi connectivity index (χ3n) is 1.66. The van der Waals surface area contributed by atoms with Gasteiger partial charge in [-0.25, -0.2) is 8.78 Å². The first kappa shape index (κ1) is 7.25. The summed E-state index contributed by atoms with van der Waals surface area (Å²) in [6.07, 6.45) is -0.787. The van der Waals surface area contributed by atoms with Crippen LogP contribution in [-0.4, -0.2) is 4.98 Å². The fraction of sp³-hybridized carbons (Fsp3) is 0.429. The van der Waals surface area contributed by atoms with Crippen LogP contribution >= 0.6 is 0 Å². The van der Waals surface area contributed by atoms with E-state index in [1.807, 2.05) is 0 Å². The average Bonchev–Trinajstić information content (AvgIpc) is 2.14. The number of halogens is 2. The molecular weight excluding hydrogens is 136 g/mol. The second-order valence-electron chi connectivity index (χ2n) is 2.31. The van der Waals surface area contributed by atoms with Gasteiger partial charge < -0.3 is 4.98 Å². The van der Waals surface area contributed by atoms with Gasteiger partial charge in [0, 0.05) is 6.20 Å². The summed E-state index contributed by atoms with van der Waals surface area (Å²) >= 11 is 0. The highest BCUT2D eigenvalue weighted by Crippen LogP contribution is 2.22. The lowest BCUT2D eigenvalue weighted by atomic mass is 10.2. The van der Waals surface area contributed by atoms with Crippen LogP contribution in [0.4, 0.5) is 8.78 Å². The van der Waals surface area contributed by atoms with Crippen LogP contribution in [0.1, 0.15) is 23.2 Å². The van der Waals surface area contributed by atoms with Crippen molar-refractivity contribution < 1.29 is 8.78 Å². The summed E-state index contributed by atoms with van der Waals surface area (Å²) in [6, 6.07) is 0. The van der Waals surface area contributed by atoms with E-state index < -0.39 is 6.43 Å². The van der Waals surface area contributed by atoms with E-state index in [4.69, 9.17) is 0 Å². The number of rotatable bonds is 1. The van der Waals surface area contributed by atoms with Gasteiger partial charge in [0.1, 0.15) is 0 Å². The maximum atomic E-state index is 12.0. The average molecular weight is 145 g/mol. The molecule has 0 fully saturated rings. The largest absolute Gasteiger partial charge is 0.360 e. The standard InChI is InChI=1S/C7H9F2N/c1-4-3-10-6(5(4)2)7(8)9/h3,7,10H,1-2H3. The Bertz CT molecular complexity index is 228. The molecule has 0 unspecified atom stereocenters. The van der Waals surface area contributed by atoms with Crippen LogP contribution in [0.5, 0.6) is 0 Å². The Kier molecular flexibility index (Phi) is 1.74. The third-order valence-corrected chi connectivity index (χ3v) is 1.66. The fourth-order valence-corrected chi connectivity index (χ4v) is 0.842. The molecule has 0 atom stereocenters. The fourth-order valence-electron chi connectivity index (χ4n) is 0.842. The molecule has 1 aromatic rings. The molecule has 3 heteroatoms. The summed E-state index contributed by atoms with van der Waals surface area (Å²) in [5, 5.41) is 0. The van der Waals surface area contributed by atoms with Crippen molar-refractivity contribution in [3.63, 3.8) is 0 Å². The van der Waals surface area contributed by atoms with Crippen molar-refractivity contribution in [3.05, 3.63) is 23.0 Å². The highest BCUT2D eigenvalue weighted by atomic mass is 19.3. The van der Waals surface area contributed by atoms with Gasteiger partial charge in [0.2, 0.25) is 0 Å². The van der Waals surface area contributed by atoms with Gasteiger partial charge in [-0.15, -0.1) is 0 Å². The number of hydrogen-bond acceptors (Lipinski definition) is 0. The van der Waals surface area contributed by atoms with Crippen LogP contribution in [0.25, 0.3) is 0 Å². The minimum Gasteiger partial charge on any atom is -0.360 e. The third kappa shape index (κ3) is 1.03. The number of aromatic nitrogens is 1. The first-order valence-corrected chi connectivity index (χ1v) is 3.05. The topological polar surface area (TPSA) is 15.8 Å². The molecule has 0 radical (unpaired) electrons. The molecule has 0 saturated carbocycles. The molecular formula is C7H9F2N. The maximum absolute atomic E-state index is 12.0. The minimum atomic E-state index is -2.38. The molecule has 1 aromatic heterocycles. The maximum Gasteiger partial charge on any atom is 0.278 e. The summed E-state index contributed by atoms with van der Waals surface area (Å²) in [4.78, 5) is 2.52. The van der Waals surface area contributed by atoms with Gasteiger partial charge in [0.25, 0.3) is 6.43 Å². The number of H-pyrrole nitrogens is 1. The van der Waals surface area contributed by atoms with Crippen LogP contribution < -0.4 is 0 Å². The molecule has 0 amide bonds. The second-order valence-corrected chi connectivity index (χ2v) is 2.31. The molecule has 0 bridgehead atoms. The molecule has 0 aliphatic heterocycles. The van der Waals surface area contributed by atoms with Gasteiger partial charge in [-0.3, -0.25) is 0 Å². The SMILES string of the molecule is Cc1c[nH]c(C(F)F)c1C. The predicted molar refractivity (Wildman–Crippen MR) is 35.2 cm³/mol. The molecule has 0 aliphatic carbocycles. The molecule has 10 heavy (non-hydrogen) atoms. The zero-order valence-corrected chi connectivity index (χ0v) is 5.91. The molecule has 56 valence electrons. The van der Waals surface area contributed by atoms with Crippen LogP contribution in [-0.2, 0) is 0 Å². The lowest BCUT2D eigenvalue weighted by Gasteiger charge is -1.96. The zero-order valence-electron chi connectivity index (χ0n) is 5.91. The van der Waals surface area contributed by atoms with Crippen LogP contribution in [0, 0.1) is 13.8 Å². The quantitative estimate of drug-likeness (QED) is 0.625. The van der Waals surface area contributed by atoms with Gasteiger partial charge in [-0.05, 0) is 25.0 Å². The number of aromatic amines is 1. The van der Waals surface area contributed by atoms with Gasteiger partial charge in [0.05, 0.1) is 5.69 Å². The van der Waals surface area contributed by atoms with Crippen molar-refractivity contribution in [1.82, 2.24) is 4.98 Å². The van der Waals surface area contributed by atoms with Crippen LogP contribution in [0.3, 0.4) is 0 Å². The summed E-state index contributed by atoms with van der Waals surface area (Å²) in [7, 11) is 0. The normalized spacial score (nSPS) is 10.9. The lowest BCUT2D eigenvalue weighted by Crippen LogP contribution is -1.86. The van der Waals surface area contributed by atoms with Crippen molar-refractivity contribution in [3.8, 4) is 0 Å². The first-order chi connectivity index (χ1) is 4.63. The van der Waals surface area contributed by atoms with Crippen LogP contribution in [0.2, 0.25) is 0 Å². The lowest BCUT2D eigenvalue weighted by molar-refractivity contribution is 0.146. The van der Waals surface area contributed by atoms with Crippen LogP contribution in [0.15, 0.2) is 6.20 Å². The smallest absolute Gasteiger partial charge is 0.278 e. The summed E-state index contributed by atoms with van der Waals surface area (Å²) in [6.45, 7) is 3.49. The van der Waals surface area contributed by atoms with Gasteiger partial charge in [-0.1, -0.05) is 0 Å². The molecule has 0 aromatic carbocycles. The van der Waals surface area contributed by atoms with E-state index in [0.717, 1.165) is 5.56 Å². The summed E-state index contributed by atoms with van der Waals surface area (Å²) in [5.74, 6) is 0. The molecule has 0 aliphatic rings. The van der Waals surface area contributed by atoms with E-state index in [1.165, 1.54) is 0 Å². The molecule has 1 heterocycles. The zero-order chi connectivity index (χ0) is 7.72. The predicted octanol–water partition coefficient (Wildman–Crippen LogP) is 2.57. The molecule has 1 nitrogen and oxygen atoms in total. The summed E-state index contributed by atoms with van der Waals surface area (Å²) in [5.41, 5.74) is 1.59. The minimum absolute atomic E-state index is 0.0394. The summed E-state index contributed by atoms with van der Waals surface area (Å²) < 4.78 is 24.0. The second kappa shape index (κ2) is 2.40. The highest BCUT2D eigenvalue weighted by molar-refractivity contribution is 5.28. The number of nitrogens with one attached hydrogen (secondary N) is 1. The molecule has 0 saturated heterocycles.